The van der Waals surface area contributed by atoms with Gasteiger partial charge in [-0.05, 0) is 56.3 Å². The maximum atomic E-state index is 12.6. The van der Waals surface area contributed by atoms with E-state index in [4.69, 9.17) is 0 Å². The van der Waals surface area contributed by atoms with Crippen molar-refractivity contribution in [3.8, 4) is 0 Å². The molecule has 0 saturated heterocycles. The second-order valence-corrected chi connectivity index (χ2v) is 6.33. The van der Waals surface area contributed by atoms with E-state index < -0.39 is 13.3 Å². The molecule has 0 aromatic heterocycles. The maximum absolute atomic E-state index is 12.6. The van der Waals surface area contributed by atoms with Crippen molar-refractivity contribution in [3.63, 3.8) is 0 Å². The smallest absolute Gasteiger partial charge is 0.449 e. The Hall–Kier alpha value is -0.145. The average Bonchev–Trinajstić information content (AvgIpc) is 1.94. The molecule has 4 bridgehead atoms. The first-order chi connectivity index (χ1) is 6.94. The third-order valence-electron chi connectivity index (χ3n) is 4.83. The molecule has 0 aliphatic heterocycles. The Morgan fingerprint density at radius 1 is 0.867 bits per heavy atom. The topological polar surface area (TPSA) is 0 Å². The first kappa shape index (κ1) is 10.0. The summed E-state index contributed by atoms with van der Waals surface area (Å²) < 4.78 is 37.9. The molecule has 0 nitrogen and oxygen atoms in total. The fraction of sp³-hybridized carbons (Fsp3) is 1.00. The third-order valence-corrected chi connectivity index (χ3v) is 4.83. The van der Waals surface area contributed by atoms with Gasteiger partial charge in [-0.25, -0.2) is 0 Å². The quantitative estimate of drug-likeness (QED) is 0.612. The van der Waals surface area contributed by atoms with Crippen molar-refractivity contribution in [1.82, 2.24) is 0 Å². The van der Waals surface area contributed by atoms with Gasteiger partial charge in [0.2, 0.25) is 0 Å². The van der Waals surface area contributed by atoms with E-state index in [1.54, 1.807) is 0 Å². The monoisotopic (exact) mass is 217 g/mol. The normalized spacial score (nSPS) is 48.6. The van der Waals surface area contributed by atoms with Gasteiger partial charge in [0, 0.05) is 0 Å². The lowest BCUT2D eigenvalue weighted by Crippen LogP contribution is -2.48. The zero-order chi connectivity index (χ0) is 10.7. The van der Waals surface area contributed by atoms with Crippen LogP contribution in [0.15, 0.2) is 0 Å². The molecule has 4 aliphatic rings. The van der Waals surface area contributed by atoms with Crippen LogP contribution in [0.1, 0.15) is 38.5 Å². The SMILES string of the molecule is F[B-](F)(F)CC12CC3CC(CC(C3)C1)C2. The highest BCUT2D eigenvalue weighted by molar-refractivity contribution is 6.58. The highest BCUT2D eigenvalue weighted by atomic mass is 19.4. The molecule has 15 heavy (non-hydrogen) atoms. The van der Waals surface area contributed by atoms with Crippen molar-refractivity contribution < 1.29 is 12.9 Å². The van der Waals surface area contributed by atoms with Gasteiger partial charge in [-0.2, -0.15) is 0 Å². The van der Waals surface area contributed by atoms with Gasteiger partial charge < -0.3 is 12.9 Å². The van der Waals surface area contributed by atoms with Crippen molar-refractivity contribution in [1.29, 1.82) is 0 Å². The van der Waals surface area contributed by atoms with Gasteiger partial charge in [0.25, 0.3) is 0 Å². The van der Waals surface area contributed by atoms with E-state index >= 15 is 0 Å². The van der Waals surface area contributed by atoms with Gasteiger partial charge in [0.1, 0.15) is 0 Å². The molecule has 4 aliphatic carbocycles. The van der Waals surface area contributed by atoms with Crippen LogP contribution < -0.4 is 0 Å². The summed E-state index contributed by atoms with van der Waals surface area (Å²) in [6.45, 7) is -4.58. The largest absolute Gasteiger partial charge is 0.478 e. The van der Waals surface area contributed by atoms with E-state index in [9.17, 15) is 12.9 Å². The molecule has 4 saturated carbocycles. The van der Waals surface area contributed by atoms with Crippen LogP contribution in [0.25, 0.3) is 0 Å². The Balaban J connectivity index is 1.81. The van der Waals surface area contributed by atoms with E-state index in [1.807, 2.05) is 0 Å². The van der Waals surface area contributed by atoms with Gasteiger partial charge in [-0.3, -0.25) is 0 Å². The number of halogens is 3. The summed E-state index contributed by atoms with van der Waals surface area (Å²) in [4.78, 5) is 0. The molecule has 0 aromatic rings. The minimum Gasteiger partial charge on any atom is -0.449 e. The van der Waals surface area contributed by atoms with Crippen molar-refractivity contribution in [2.45, 2.75) is 44.8 Å². The minimum absolute atomic E-state index is 0.313. The molecular formula is C11H17BF3-. The van der Waals surface area contributed by atoms with Gasteiger partial charge >= 0.3 is 6.98 Å². The van der Waals surface area contributed by atoms with Gasteiger partial charge in [0.15, 0.2) is 0 Å². The molecular weight excluding hydrogens is 200 g/mol. The average molecular weight is 217 g/mol. The van der Waals surface area contributed by atoms with Crippen LogP contribution in [0, 0.1) is 23.2 Å². The summed E-state index contributed by atoms with van der Waals surface area (Å²) in [5.41, 5.74) is -0.313. The fourth-order valence-electron chi connectivity index (χ4n) is 5.03. The lowest BCUT2D eigenvalue weighted by Gasteiger charge is -2.58. The van der Waals surface area contributed by atoms with Crippen molar-refractivity contribution in [2.75, 3.05) is 0 Å². The summed E-state index contributed by atoms with van der Waals surface area (Å²) >= 11 is 0. The maximum Gasteiger partial charge on any atom is 0.478 e. The summed E-state index contributed by atoms with van der Waals surface area (Å²) in [5, 5.41) is 0. The zero-order valence-corrected chi connectivity index (χ0v) is 8.89. The van der Waals surface area contributed by atoms with E-state index in [0.29, 0.717) is 17.8 Å². The fourth-order valence-corrected chi connectivity index (χ4v) is 5.03. The highest BCUT2D eigenvalue weighted by Crippen LogP contribution is 2.62. The molecule has 4 fully saturated rings. The first-order valence-electron chi connectivity index (χ1n) is 6.15. The van der Waals surface area contributed by atoms with Gasteiger partial charge in [-0.1, -0.05) is 11.7 Å². The minimum atomic E-state index is -4.58. The second kappa shape index (κ2) is 2.95. The number of hydrogen-bond donors (Lipinski definition) is 0. The molecule has 0 radical (unpaired) electrons. The Kier molecular flexibility index (Phi) is 1.97. The van der Waals surface area contributed by atoms with Crippen LogP contribution in [-0.4, -0.2) is 6.98 Å². The molecule has 0 atom stereocenters. The molecule has 0 amide bonds. The molecule has 0 N–H and O–H groups in total. The van der Waals surface area contributed by atoms with Gasteiger partial charge in [-0.15, -0.1) is 0 Å². The van der Waals surface area contributed by atoms with Crippen LogP contribution in [0.3, 0.4) is 0 Å². The van der Waals surface area contributed by atoms with Crippen molar-refractivity contribution in [3.05, 3.63) is 0 Å². The van der Waals surface area contributed by atoms with Gasteiger partial charge in [0.05, 0.1) is 0 Å². The molecule has 4 rings (SSSR count). The lowest BCUT2D eigenvalue weighted by atomic mass is 9.45. The van der Waals surface area contributed by atoms with Crippen molar-refractivity contribution >= 4 is 6.98 Å². The number of hydrogen-bond acceptors (Lipinski definition) is 0. The highest BCUT2D eigenvalue weighted by Gasteiger charge is 2.52. The first-order valence-corrected chi connectivity index (χ1v) is 6.15. The van der Waals surface area contributed by atoms with Crippen LogP contribution in [-0.2, 0) is 0 Å². The van der Waals surface area contributed by atoms with Crippen LogP contribution in [0.4, 0.5) is 12.9 Å². The third kappa shape index (κ3) is 1.80. The molecule has 0 aromatic carbocycles. The lowest BCUT2D eigenvalue weighted by molar-refractivity contribution is -0.0447. The van der Waals surface area contributed by atoms with E-state index in [0.717, 1.165) is 19.3 Å². The molecule has 0 unspecified atom stereocenters. The van der Waals surface area contributed by atoms with Crippen LogP contribution >= 0.6 is 0 Å². The second-order valence-electron chi connectivity index (χ2n) is 6.33. The molecule has 86 valence electrons. The van der Waals surface area contributed by atoms with E-state index in [-0.39, 0.29) is 5.41 Å². The van der Waals surface area contributed by atoms with E-state index in [2.05, 4.69) is 0 Å². The van der Waals surface area contributed by atoms with Crippen LogP contribution in [0.2, 0.25) is 6.32 Å². The predicted molar refractivity (Wildman–Crippen MR) is 54.5 cm³/mol. The summed E-state index contributed by atoms with van der Waals surface area (Å²) in [6, 6.07) is 0. The number of rotatable bonds is 2. The Morgan fingerprint density at radius 2 is 1.27 bits per heavy atom. The van der Waals surface area contributed by atoms with E-state index in [1.165, 1.54) is 19.3 Å². The Bertz CT molecular complexity index is 236. The Labute approximate surface area is 88.7 Å². The van der Waals surface area contributed by atoms with Crippen LogP contribution in [0.5, 0.6) is 0 Å². The van der Waals surface area contributed by atoms with Crippen molar-refractivity contribution in [2.24, 2.45) is 23.2 Å². The molecule has 4 heteroatoms. The summed E-state index contributed by atoms with van der Waals surface area (Å²) in [5.74, 6) is 1.90. The summed E-state index contributed by atoms with van der Waals surface area (Å²) in [6.07, 6.45) is 5.86. The summed E-state index contributed by atoms with van der Waals surface area (Å²) in [7, 11) is 0. The zero-order valence-electron chi connectivity index (χ0n) is 8.89. The standard InChI is InChI=1S/C11H17BF3/c13-12(14,15)7-11-4-8-1-9(5-11)3-10(2-8)6-11/h8-10H,1-7H2/q-1. The predicted octanol–water partition coefficient (Wildman–Crippen LogP) is 4.05. The molecule has 0 spiro atoms. The Morgan fingerprint density at radius 3 is 1.60 bits per heavy atom. The molecule has 0 heterocycles.